The fourth-order valence-electron chi connectivity index (χ4n) is 2.72. The molecule has 2 aromatic rings. The summed E-state index contributed by atoms with van der Waals surface area (Å²) in [5.41, 5.74) is 1.11. The minimum Gasteiger partial charge on any atom is -0.490 e. The van der Waals surface area contributed by atoms with Crippen LogP contribution in [0.3, 0.4) is 0 Å². The van der Waals surface area contributed by atoms with Gasteiger partial charge in [0.2, 0.25) is 0 Å². The topological polar surface area (TPSA) is 55.8 Å². The number of carbonyl (C=O) groups excluding carboxylic acids is 2. The molecular weight excluding hydrogens is 520 g/mol. The highest BCUT2D eigenvalue weighted by Crippen LogP contribution is 2.37. The van der Waals surface area contributed by atoms with Crippen LogP contribution in [0.2, 0.25) is 0 Å². The van der Waals surface area contributed by atoms with Gasteiger partial charge in [-0.3, -0.25) is 14.5 Å². The molecular formula is C22H17FINO4S. The Kier molecular flexibility index (Phi) is 7.39. The lowest BCUT2D eigenvalue weighted by atomic mass is 10.1. The van der Waals surface area contributed by atoms with E-state index in [-0.39, 0.29) is 23.9 Å². The van der Waals surface area contributed by atoms with Crippen molar-refractivity contribution in [2.24, 2.45) is 0 Å². The van der Waals surface area contributed by atoms with Gasteiger partial charge in [-0.15, -0.1) is 6.42 Å². The second-order valence-electron chi connectivity index (χ2n) is 6.12. The molecule has 0 atom stereocenters. The molecule has 154 valence electrons. The molecule has 5 nitrogen and oxygen atoms in total. The molecule has 0 radical (unpaired) electrons. The van der Waals surface area contributed by atoms with Crippen LogP contribution in [0.5, 0.6) is 11.5 Å². The van der Waals surface area contributed by atoms with E-state index in [1.165, 1.54) is 6.07 Å². The number of thioether (sulfide) groups is 1. The highest BCUT2D eigenvalue weighted by Gasteiger charge is 2.34. The summed E-state index contributed by atoms with van der Waals surface area (Å²) in [6, 6.07) is 9.92. The number of carbonyl (C=O) groups is 2. The molecule has 0 aromatic heterocycles. The molecule has 30 heavy (non-hydrogen) atoms. The Morgan fingerprint density at radius 2 is 2.03 bits per heavy atom. The van der Waals surface area contributed by atoms with E-state index < -0.39 is 11.1 Å². The second-order valence-corrected chi connectivity index (χ2v) is 8.27. The molecule has 1 aliphatic rings. The van der Waals surface area contributed by atoms with E-state index in [2.05, 4.69) is 28.5 Å². The average Bonchev–Trinajstić information content (AvgIpc) is 2.96. The number of imide groups is 1. The number of ether oxygens (including phenoxy) is 2. The summed E-state index contributed by atoms with van der Waals surface area (Å²) in [4.78, 5) is 25.7. The largest absolute Gasteiger partial charge is 0.490 e. The molecule has 2 aromatic carbocycles. The van der Waals surface area contributed by atoms with Crippen LogP contribution in [0.1, 0.15) is 18.1 Å². The van der Waals surface area contributed by atoms with Gasteiger partial charge in [0.05, 0.1) is 21.6 Å². The molecule has 0 unspecified atom stereocenters. The number of amides is 2. The predicted octanol–water partition coefficient (Wildman–Crippen LogP) is 5.08. The van der Waals surface area contributed by atoms with Crippen LogP contribution in [-0.2, 0) is 11.4 Å². The molecule has 1 aliphatic heterocycles. The van der Waals surface area contributed by atoms with Crippen molar-refractivity contribution in [2.45, 2.75) is 13.5 Å². The molecule has 0 spiro atoms. The molecule has 0 saturated carbocycles. The lowest BCUT2D eigenvalue weighted by Crippen LogP contribution is -2.28. The number of hydrogen-bond acceptors (Lipinski definition) is 5. The summed E-state index contributed by atoms with van der Waals surface area (Å²) in [7, 11) is 0. The number of nitrogens with zero attached hydrogens (tertiary/aromatic N) is 1. The number of terminal acetylenes is 1. The van der Waals surface area contributed by atoms with Crippen LogP contribution < -0.4 is 9.47 Å². The van der Waals surface area contributed by atoms with Crippen LogP contribution >= 0.6 is 34.4 Å². The molecule has 3 rings (SSSR count). The molecule has 1 heterocycles. The van der Waals surface area contributed by atoms with Gasteiger partial charge in [-0.25, -0.2) is 4.39 Å². The summed E-state index contributed by atoms with van der Waals surface area (Å²) in [5.74, 6) is 2.50. The zero-order chi connectivity index (χ0) is 21.7. The SMILES string of the molecule is C#CCN1C(=O)S/C(=C/c2cc(I)c(OCc3ccccc3F)c(OCC)c2)C1=O. The molecule has 1 saturated heterocycles. The van der Waals surface area contributed by atoms with Gasteiger partial charge in [0.15, 0.2) is 11.5 Å². The minimum absolute atomic E-state index is 0.0487. The minimum atomic E-state index is -0.421. The average molecular weight is 537 g/mol. The van der Waals surface area contributed by atoms with Gasteiger partial charge >= 0.3 is 0 Å². The maximum atomic E-state index is 13.9. The van der Waals surface area contributed by atoms with Crippen molar-refractivity contribution in [2.75, 3.05) is 13.2 Å². The van der Waals surface area contributed by atoms with Crippen molar-refractivity contribution in [3.63, 3.8) is 0 Å². The van der Waals surface area contributed by atoms with Crippen molar-refractivity contribution in [1.82, 2.24) is 4.90 Å². The fourth-order valence-corrected chi connectivity index (χ4v) is 4.34. The fraction of sp³-hybridized carbons (Fsp3) is 0.182. The normalized spacial score (nSPS) is 14.9. The zero-order valence-corrected chi connectivity index (χ0v) is 19.0. The van der Waals surface area contributed by atoms with Gasteiger partial charge in [-0.05, 0) is 71.1 Å². The first-order valence-corrected chi connectivity index (χ1v) is 10.9. The summed E-state index contributed by atoms with van der Waals surface area (Å²) in [6.07, 6.45) is 6.84. The number of hydrogen-bond donors (Lipinski definition) is 0. The van der Waals surface area contributed by atoms with E-state index in [1.807, 2.05) is 6.92 Å². The number of rotatable bonds is 7. The Hall–Kier alpha value is -2.51. The van der Waals surface area contributed by atoms with Crippen LogP contribution in [-0.4, -0.2) is 29.2 Å². The molecule has 8 heteroatoms. The second kappa shape index (κ2) is 10.00. The van der Waals surface area contributed by atoms with Gasteiger partial charge in [0, 0.05) is 5.56 Å². The van der Waals surface area contributed by atoms with E-state index in [1.54, 1.807) is 36.4 Å². The monoisotopic (exact) mass is 537 g/mol. The number of halogens is 2. The predicted molar refractivity (Wildman–Crippen MR) is 123 cm³/mol. The number of benzene rings is 2. The maximum Gasteiger partial charge on any atom is 0.294 e. The van der Waals surface area contributed by atoms with Crippen LogP contribution in [0.15, 0.2) is 41.3 Å². The first kappa shape index (κ1) is 22.2. The van der Waals surface area contributed by atoms with Crippen LogP contribution in [0.25, 0.3) is 6.08 Å². The summed E-state index contributed by atoms with van der Waals surface area (Å²) < 4.78 is 26.2. The highest BCUT2D eigenvalue weighted by atomic mass is 127. The highest BCUT2D eigenvalue weighted by molar-refractivity contribution is 14.1. The summed E-state index contributed by atoms with van der Waals surface area (Å²) >= 11 is 2.93. The van der Waals surface area contributed by atoms with Crippen LogP contribution in [0, 0.1) is 21.7 Å². The standard InChI is InChI=1S/C22H17FINO4S/c1-3-9-25-21(26)19(30-22(25)27)12-14-10-17(24)20(18(11-14)28-4-2)29-13-15-7-5-6-8-16(15)23/h1,5-8,10-12H,4,9,13H2,2H3/b19-12+. The Balaban J connectivity index is 1.88. The molecule has 1 fully saturated rings. The van der Waals surface area contributed by atoms with Gasteiger partial charge in [0.25, 0.3) is 11.1 Å². The smallest absolute Gasteiger partial charge is 0.294 e. The van der Waals surface area contributed by atoms with Crippen molar-refractivity contribution >= 4 is 51.6 Å². The van der Waals surface area contributed by atoms with Gasteiger partial charge < -0.3 is 9.47 Å². The van der Waals surface area contributed by atoms with Crippen molar-refractivity contribution in [1.29, 1.82) is 0 Å². The lowest BCUT2D eigenvalue weighted by Gasteiger charge is -2.15. The molecule has 0 bridgehead atoms. The molecule has 0 aliphatic carbocycles. The Morgan fingerprint density at radius 3 is 2.73 bits per heavy atom. The van der Waals surface area contributed by atoms with Crippen molar-refractivity contribution < 1.29 is 23.5 Å². The van der Waals surface area contributed by atoms with E-state index in [4.69, 9.17) is 15.9 Å². The Bertz CT molecular complexity index is 1060. The Labute approximate surface area is 191 Å². The third-order valence-electron chi connectivity index (χ3n) is 4.08. The van der Waals surface area contributed by atoms with E-state index in [0.29, 0.717) is 29.2 Å². The van der Waals surface area contributed by atoms with Crippen molar-refractivity contribution in [3.8, 4) is 23.8 Å². The first-order valence-electron chi connectivity index (χ1n) is 8.96. The van der Waals surface area contributed by atoms with E-state index in [9.17, 15) is 14.0 Å². The quantitative estimate of drug-likeness (QED) is 0.280. The third kappa shape index (κ3) is 4.96. The van der Waals surface area contributed by atoms with E-state index in [0.717, 1.165) is 20.2 Å². The summed E-state index contributed by atoms with van der Waals surface area (Å²) in [6.45, 7) is 2.22. The van der Waals surface area contributed by atoms with Gasteiger partial charge in [0.1, 0.15) is 12.4 Å². The lowest BCUT2D eigenvalue weighted by molar-refractivity contribution is -0.122. The third-order valence-corrected chi connectivity index (χ3v) is 5.79. The molecule has 2 amide bonds. The molecule has 0 N–H and O–H groups in total. The Morgan fingerprint density at radius 1 is 1.27 bits per heavy atom. The zero-order valence-electron chi connectivity index (χ0n) is 16.0. The summed E-state index contributed by atoms with van der Waals surface area (Å²) in [5, 5.41) is -0.395. The van der Waals surface area contributed by atoms with Crippen LogP contribution in [0.4, 0.5) is 9.18 Å². The van der Waals surface area contributed by atoms with Gasteiger partial charge in [-0.2, -0.15) is 0 Å². The first-order chi connectivity index (χ1) is 14.4. The maximum absolute atomic E-state index is 13.9. The van der Waals surface area contributed by atoms with E-state index >= 15 is 0 Å². The van der Waals surface area contributed by atoms with Gasteiger partial charge in [-0.1, -0.05) is 24.1 Å². The van der Waals surface area contributed by atoms with Crippen molar-refractivity contribution in [3.05, 3.63) is 61.8 Å².